The fraction of sp³-hybridized carbons (Fsp3) is 0.136. The SMILES string of the molecule is Cn1cc(CC(NC(=O)c2cncn2-c2ccccn2)C(=O)C(N)=O)c2ccccc21. The third kappa shape index (κ3) is 3.93. The summed E-state index contributed by atoms with van der Waals surface area (Å²) in [5.74, 6) is -2.05. The number of primary amides is 1. The second-order valence-electron chi connectivity index (χ2n) is 7.08. The van der Waals surface area contributed by atoms with E-state index in [2.05, 4.69) is 15.3 Å². The van der Waals surface area contributed by atoms with Crippen LogP contribution in [0.2, 0.25) is 0 Å². The fourth-order valence-electron chi connectivity index (χ4n) is 3.56. The number of aromatic nitrogens is 4. The van der Waals surface area contributed by atoms with Crippen molar-refractivity contribution in [2.75, 3.05) is 0 Å². The Morgan fingerprint density at radius 1 is 1.13 bits per heavy atom. The minimum atomic E-state index is -1.12. The summed E-state index contributed by atoms with van der Waals surface area (Å²) >= 11 is 0. The molecule has 31 heavy (non-hydrogen) atoms. The molecule has 1 aromatic carbocycles. The van der Waals surface area contributed by atoms with E-state index in [1.54, 1.807) is 24.4 Å². The van der Waals surface area contributed by atoms with E-state index >= 15 is 0 Å². The second-order valence-corrected chi connectivity index (χ2v) is 7.08. The number of pyridine rings is 1. The van der Waals surface area contributed by atoms with Crippen molar-refractivity contribution in [3.63, 3.8) is 0 Å². The third-order valence-corrected chi connectivity index (χ3v) is 5.04. The van der Waals surface area contributed by atoms with Gasteiger partial charge < -0.3 is 15.6 Å². The average Bonchev–Trinajstić information content (AvgIpc) is 3.39. The zero-order valence-corrected chi connectivity index (χ0v) is 16.7. The molecule has 4 rings (SSSR count). The number of fused-ring (bicyclic) bond motifs is 1. The van der Waals surface area contributed by atoms with E-state index in [4.69, 9.17) is 5.73 Å². The van der Waals surface area contributed by atoms with Crippen LogP contribution in [0.3, 0.4) is 0 Å². The predicted octanol–water partition coefficient (Wildman–Crippen LogP) is 1.15. The summed E-state index contributed by atoms with van der Waals surface area (Å²) in [6, 6.07) is 11.8. The number of imidazole rings is 1. The lowest BCUT2D eigenvalue weighted by Crippen LogP contribution is -2.47. The summed E-state index contributed by atoms with van der Waals surface area (Å²) in [5, 5.41) is 3.58. The molecule has 3 N–H and O–H groups in total. The first-order valence-corrected chi connectivity index (χ1v) is 9.57. The number of Topliss-reactive ketones (excluding diaryl/α,β-unsaturated/α-hetero) is 1. The van der Waals surface area contributed by atoms with E-state index in [9.17, 15) is 14.4 Å². The highest BCUT2D eigenvalue weighted by Gasteiger charge is 2.28. The molecule has 0 radical (unpaired) electrons. The Hall–Kier alpha value is -4.27. The molecule has 0 saturated heterocycles. The maximum atomic E-state index is 13.0. The molecular weight excluding hydrogens is 396 g/mol. The number of amides is 2. The van der Waals surface area contributed by atoms with Crippen molar-refractivity contribution in [1.29, 1.82) is 0 Å². The van der Waals surface area contributed by atoms with Crippen LogP contribution in [0.25, 0.3) is 16.7 Å². The number of nitrogens with zero attached hydrogens (tertiary/aromatic N) is 4. The van der Waals surface area contributed by atoms with Gasteiger partial charge in [-0.25, -0.2) is 9.97 Å². The highest BCUT2D eigenvalue weighted by molar-refractivity contribution is 6.38. The van der Waals surface area contributed by atoms with Crippen LogP contribution in [-0.4, -0.2) is 42.7 Å². The summed E-state index contributed by atoms with van der Waals surface area (Å²) in [6.45, 7) is 0. The van der Waals surface area contributed by atoms with Crippen LogP contribution in [0.5, 0.6) is 0 Å². The number of hydrogen-bond donors (Lipinski definition) is 2. The molecule has 0 aliphatic heterocycles. The maximum absolute atomic E-state index is 13.0. The van der Waals surface area contributed by atoms with Crippen LogP contribution in [0.4, 0.5) is 0 Å². The maximum Gasteiger partial charge on any atom is 0.287 e. The fourth-order valence-corrected chi connectivity index (χ4v) is 3.56. The lowest BCUT2D eigenvalue weighted by atomic mass is 10.0. The van der Waals surface area contributed by atoms with Gasteiger partial charge in [-0.1, -0.05) is 24.3 Å². The Morgan fingerprint density at radius 3 is 2.65 bits per heavy atom. The molecule has 9 nitrogen and oxygen atoms in total. The number of aryl methyl sites for hydroxylation is 1. The third-order valence-electron chi connectivity index (χ3n) is 5.04. The van der Waals surface area contributed by atoms with E-state index in [-0.39, 0.29) is 12.1 Å². The molecule has 9 heteroatoms. The molecule has 0 spiro atoms. The summed E-state index contributed by atoms with van der Waals surface area (Å²) in [6.07, 6.45) is 6.40. The van der Waals surface area contributed by atoms with Gasteiger partial charge >= 0.3 is 0 Å². The molecule has 4 aromatic rings. The number of benzene rings is 1. The smallest absolute Gasteiger partial charge is 0.287 e. The molecular formula is C22H20N6O3. The number of carbonyl (C=O) groups is 3. The largest absolute Gasteiger partial charge is 0.363 e. The Labute approximate surface area is 177 Å². The molecule has 2 amide bonds. The van der Waals surface area contributed by atoms with Crippen molar-refractivity contribution in [3.05, 3.63) is 78.6 Å². The van der Waals surface area contributed by atoms with E-state index < -0.39 is 23.6 Å². The highest BCUT2D eigenvalue weighted by atomic mass is 16.2. The zero-order valence-electron chi connectivity index (χ0n) is 16.7. The van der Waals surface area contributed by atoms with E-state index in [0.29, 0.717) is 5.82 Å². The summed E-state index contributed by atoms with van der Waals surface area (Å²) < 4.78 is 3.42. The normalized spacial score (nSPS) is 11.9. The number of carbonyl (C=O) groups excluding carboxylic acids is 3. The quantitative estimate of drug-likeness (QED) is 0.437. The summed E-state index contributed by atoms with van der Waals surface area (Å²) in [5.41, 5.74) is 7.22. The average molecular weight is 416 g/mol. The van der Waals surface area contributed by atoms with Crippen molar-refractivity contribution in [1.82, 2.24) is 24.4 Å². The summed E-state index contributed by atoms with van der Waals surface area (Å²) in [4.78, 5) is 45.4. The van der Waals surface area contributed by atoms with Crippen molar-refractivity contribution in [3.8, 4) is 5.82 Å². The molecule has 3 heterocycles. The van der Waals surface area contributed by atoms with Crippen LogP contribution < -0.4 is 11.1 Å². The zero-order chi connectivity index (χ0) is 22.0. The van der Waals surface area contributed by atoms with Crippen molar-refractivity contribution >= 4 is 28.5 Å². The number of para-hydroxylation sites is 1. The molecule has 0 saturated carbocycles. The highest BCUT2D eigenvalue weighted by Crippen LogP contribution is 2.22. The standard InChI is InChI=1S/C22H20N6O3/c1-27-12-14(15-6-2-3-7-17(15)27)10-16(20(29)21(23)30)26-22(31)18-11-24-13-28(18)19-8-4-5-9-25-19/h2-9,11-13,16H,10H2,1H3,(H2,23,30)(H,26,31). The van der Waals surface area contributed by atoms with Gasteiger partial charge in [-0.3, -0.25) is 19.0 Å². The molecule has 0 bridgehead atoms. The monoisotopic (exact) mass is 416 g/mol. The molecule has 1 atom stereocenters. The first-order chi connectivity index (χ1) is 15.0. The number of rotatable bonds is 7. The van der Waals surface area contributed by atoms with Gasteiger partial charge in [-0.15, -0.1) is 0 Å². The van der Waals surface area contributed by atoms with Gasteiger partial charge in [0.2, 0.25) is 5.78 Å². The Bertz CT molecular complexity index is 1270. The van der Waals surface area contributed by atoms with Crippen LogP contribution in [-0.2, 0) is 23.1 Å². The van der Waals surface area contributed by atoms with E-state index in [0.717, 1.165) is 16.5 Å². The van der Waals surface area contributed by atoms with Gasteiger partial charge in [0.15, 0.2) is 0 Å². The van der Waals surface area contributed by atoms with Gasteiger partial charge in [-0.2, -0.15) is 0 Å². The Balaban J connectivity index is 1.64. The minimum absolute atomic E-state index is 0.118. The van der Waals surface area contributed by atoms with Crippen LogP contribution in [0.1, 0.15) is 16.1 Å². The van der Waals surface area contributed by atoms with Gasteiger partial charge in [0.05, 0.1) is 6.20 Å². The van der Waals surface area contributed by atoms with Crippen LogP contribution in [0, 0.1) is 0 Å². The molecule has 0 fully saturated rings. The molecule has 0 aliphatic rings. The predicted molar refractivity (Wildman–Crippen MR) is 113 cm³/mol. The van der Waals surface area contributed by atoms with Gasteiger partial charge in [0, 0.05) is 36.8 Å². The summed E-state index contributed by atoms with van der Waals surface area (Å²) in [7, 11) is 1.89. The molecule has 1 unspecified atom stereocenters. The molecule has 156 valence electrons. The van der Waals surface area contributed by atoms with Crippen molar-refractivity contribution in [2.45, 2.75) is 12.5 Å². The Morgan fingerprint density at radius 2 is 1.90 bits per heavy atom. The van der Waals surface area contributed by atoms with E-state index in [1.165, 1.54) is 17.1 Å². The van der Waals surface area contributed by atoms with Crippen molar-refractivity contribution in [2.24, 2.45) is 12.8 Å². The van der Waals surface area contributed by atoms with Gasteiger partial charge in [0.1, 0.15) is 23.9 Å². The Kier molecular flexibility index (Phi) is 5.31. The minimum Gasteiger partial charge on any atom is -0.363 e. The number of nitrogens with two attached hydrogens (primary N) is 1. The number of nitrogens with one attached hydrogen (secondary N) is 1. The lowest BCUT2D eigenvalue weighted by Gasteiger charge is -2.16. The van der Waals surface area contributed by atoms with Crippen molar-refractivity contribution < 1.29 is 14.4 Å². The van der Waals surface area contributed by atoms with Crippen LogP contribution in [0.15, 0.2) is 67.4 Å². The lowest BCUT2D eigenvalue weighted by molar-refractivity contribution is -0.137. The number of ketones is 1. The van der Waals surface area contributed by atoms with Gasteiger partial charge in [0.25, 0.3) is 11.8 Å². The number of hydrogen-bond acceptors (Lipinski definition) is 5. The van der Waals surface area contributed by atoms with E-state index in [1.807, 2.05) is 42.1 Å². The van der Waals surface area contributed by atoms with Crippen LogP contribution >= 0.6 is 0 Å². The first kappa shape index (κ1) is 20.0. The topological polar surface area (TPSA) is 125 Å². The second kappa shape index (κ2) is 8.23. The van der Waals surface area contributed by atoms with Gasteiger partial charge in [-0.05, 0) is 23.8 Å². The molecule has 3 aromatic heterocycles. The molecule has 0 aliphatic carbocycles. The first-order valence-electron chi connectivity index (χ1n) is 9.57.